The first kappa shape index (κ1) is 14.5. The van der Waals surface area contributed by atoms with Crippen LogP contribution in [0.3, 0.4) is 0 Å². The average Bonchev–Trinajstić information content (AvgIpc) is 2.85. The van der Waals surface area contributed by atoms with Crippen molar-refractivity contribution in [2.24, 2.45) is 5.73 Å². The number of aromatic nitrogens is 2. The number of imide groups is 1. The summed E-state index contributed by atoms with van der Waals surface area (Å²) < 4.78 is 6.25. The Bertz CT molecular complexity index is 646. The van der Waals surface area contributed by atoms with Gasteiger partial charge >= 0.3 is 6.03 Å². The van der Waals surface area contributed by atoms with Crippen molar-refractivity contribution < 1.29 is 14.0 Å². The molecule has 1 aromatic heterocycles. The molecule has 0 bridgehead atoms. The number of carbonyl (C=O) groups is 2. The van der Waals surface area contributed by atoms with E-state index in [4.69, 9.17) is 10.2 Å². The van der Waals surface area contributed by atoms with Gasteiger partial charge in [0.15, 0.2) is 0 Å². The highest BCUT2D eigenvalue weighted by molar-refractivity contribution is 9.10. The number of hydrogen-bond donors (Lipinski definition) is 2. The highest BCUT2D eigenvalue weighted by atomic mass is 79.9. The van der Waals surface area contributed by atoms with Crippen molar-refractivity contribution in [3.63, 3.8) is 0 Å². The van der Waals surface area contributed by atoms with Crippen LogP contribution < -0.4 is 11.1 Å². The maximum absolute atomic E-state index is 11.2. The van der Waals surface area contributed by atoms with E-state index in [0.29, 0.717) is 5.89 Å². The Kier molecular flexibility index (Phi) is 4.74. The van der Waals surface area contributed by atoms with E-state index < -0.39 is 11.9 Å². The molecule has 0 aliphatic heterocycles. The third-order valence-corrected chi connectivity index (χ3v) is 3.61. The fourth-order valence-electron chi connectivity index (χ4n) is 1.31. The van der Waals surface area contributed by atoms with Crippen LogP contribution in [0.4, 0.5) is 4.79 Å². The van der Waals surface area contributed by atoms with E-state index in [9.17, 15) is 9.59 Å². The summed E-state index contributed by atoms with van der Waals surface area (Å²) in [6, 6.07) is 6.50. The van der Waals surface area contributed by atoms with Gasteiger partial charge in [-0.2, -0.15) is 0 Å². The van der Waals surface area contributed by atoms with E-state index in [1.165, 1.54) is 0 Å². The number of urea groups is 1. The maximum atomic E-state index is 11.2. The summed E-state index contributed by atoms with van der Waals surface area (Å²) in [5.74, 6) is -0.223. The van der Waals surface area contributed by atoms with Gasteiger partial charge in [-0.25, -0.2) is 4.79 Å². The fraction of sp³-hybridized carbons (Fsp3) is 0.0909. The molecule has 20 heavy (non-hydrogen) atoms. The number of amides is 3. The lowest BCUT2D eigenvalue weighted by Crippen LogP contribution is -2.36. The number of halogens is 1. The standard InChI is InChI=1S/C11H9BrN4O3S/c12-7-4-2-1-3-6(7)9-15-16-11(19-9)20-5-8(17)14-10(13)18/h1-4H,5H2,(H3,13,14,17,18). The van der Waals surface area contributed by atoms with Gasteiger partial charge in [0.2, 0.25) is 11.8 Å². The molecular formula is C11H9BrN4O3S. The van der Waals surface area contributed by atoms with Crippen molar-refractivity contribution in [1.82, 2.24) is 15.5 Å². The molecule has 0 aliphatic rings. The number of thioether (sulfide) groups is 1. The van der Waals surface area contributed by atoms with E-state index in [2.05, 4.69) is 26.1 Å². The number of nitrogens with zero attached hydrogens (tertiary/aromatic N) is 2. The summed E-state index contributed by atoms with van der Waals surface area (Å²) in [6.45, 7) is 0. The largest absolute Gasteiger partial charge is 0.411 e. The zero-order chi connectivity index (χ0) is 14.5. The maximum Gasteiger partial charge on any atom is 0.318 e. The second-order valence-corrected chi connectivity index (χ2v) is 5.33. The van der Waals surface area contributed by atoms with Gasteiger partial charge in [0.1, 0.15) is 0 Å². The van der Waals surface area contributed by atoms with Gasteiger partial charge in [0.05, 0.1) is 11.3 Å². The number of nitrogens with one attached hydrogen (secondary N) is 1. The average molecular weight is 357 g/mol. The van der Waals surface area contributed by atoms with E-state index >= 15 is 0 Å². The van der Waals surface area contributed by atoms with Crippen molar-refractivity contribution in [2.45, 2.75) is 5.22 Å². The molecule has 1 heterocycles. The summed E-state index contributed by atoms with van der Waals surface area (Å²) in [5.41, 5.74) is 5.58. The van der Waals surface area contributed by atoms with Gasteiger partial charge in [0.25, 0.3) is 5.22 Å². The SMILES string of the molecule is NC(=O)NC(=O)CSc1nnc(-c2ccccc2Br)o1. The van der Waals surface area contributed by atoms with Crippen molar-refractivity contribution in [3.05, 3.63) is 28.7 Å². The van der Waals surface area contributed by atoms with Crippen LogP contribution in [-0.4, -0.2) is 27.9 Å². The highest BCUT2D eigenvalue weighted by Crippen LogP contribution is 2.28. The first-order valence-corrected chi connectivity index (χ1v) is 7.14. The van der Waals surface area contributed by atoms with Crippen molar-refractivity contribution in [3.8, 4) is 11.5 Å². The molecule has 0 radical (unpaired) electrons. The molecule has 0 unspecified atom stereocenters. The molecule has 2 rings (SSSR count). The molecule has 0 fully saturated rings. The van der Waals surface area contributed by atoms with E-state index in [1.54, 1.807) is 0 Å². The molecule has 0 atom stereocenters. The highest BCUT2D eigenvalue weighted by Gasteiger charge is 2.13. The number of hydrogen-bond acceptors (Lipinski definition) is 6. The quantitative estimate of drug-likeness (QED) is 0.807. The van der Waals surface area contributed by atoms with Crippen LogP contribution in [0.5, 0.6) is 0 Å². The second kappa shape index (κ2) is 6.53. The van der Waals surface area contributed by atoms with E-state index in [0.717, 1.165) is 21.8 Å². The predicted octanol–water partition coefficient (Wildman–Crippen LogP) is 1.79. The Morgan fingerprint density at radius 3 is 2.80 bits per heavy atom. The molecule has 7 nitrogen and oxygen atoms in total. The Balaban J connectivity index is 2.01. The van der Waals surface area contributed by atoms with E-state index in [1.807, 2.05) is 29.6 Å². The van der Waals surface area contributed by atoms with Crippen molar-refractivity contribution in [2.75, 3.05) is 5.75 Å². The minimum absolute atomic E-state index is 0.0411. The summed E-state index contributed by atoms with van der Waals surface area (Å²) in [7, 11) is 0. The minimum atomic E-state index is -0.893. The summed E-state index contributed by atoms with van der Waals surface area (Å²) in [5, 5.41) is 9.88. The number of benzene rings is 1. The van der Waals surface area contributed by atoms with Crippen LogP contribution in [0.2, 0.25) is 0 Å². The smallest absolute Gasteiger partial charge is 0.318 e. The first-order chi connectivity index (χ1) is 9.56. The Morgan fingerprint density at radius 1 is 1.35 bits per heavy atom. The van der Waals surface area contributed by atoms with Gasteiger partial charge in [0, 0.05) is 4.47 Å². The summed E-state index contributed by atoms with van der Waals surface area (Å²) in [6.07, 6.45) is 0. The first-order valence-electron chi connectivity index (χ1n) is 5.37. The molecule has 0 saturated carbocycles. The molecular weight excluding hydrogens is 348 g/mol. The topological polar surface area (TPSA) is 111 Å². The lowest BCUT2D eigenvalue weighted by Gasteiger charge is -1.98. The van der Waals surface area contributed by atoms with Gasteiger partial charge in [-0.1, -0.05) is 23.9 Å². The number of carbonyl (C=O) groups excluding carboxylic acids is 2. The molecule has 3 amide bonds. The van der Waals surface area contributed by atoms with Crippen LogP contribution in [0.15, 0.2) is 38.4 Å². The number of nitrogens with two attached hydrogens (primary N) is 1. The third-order valence-electron chi connectivity index (χ3n) is 2.10. The van der Waals surface area contributed by atoms with Crippen LogP contribution in [0, 0.1) is 0 Å². The Labute approximate surface area is 126 Å². The van der Waals surface area contributed by atoms with Crippen molar-refractivity contribution >= 4 is 39.6 Å². The van der Waals surface area contributed by atoms with Crippen LogP contribution in [0.1, 0.15) is 0 Å². The van der Waals surface area contributed by atoms with Crippen LogP contribution >= 0.6 is 27.7 Å². The molecule has 2 aromatic rings. The van der Waals surface area contributed by atoms with Gasteiger partial charge in [-0.05, 0) is 28.1 Å². The molecule has 0 saturated heterocycles. The second-order valence-electron chi connectivity index (χ2n) is 3.55. The molecule has 0 spiro atoms. The molecule has 3 N–H and O–H groups in total. The zero-order valence-electron chi connectivity index (χ0n) is 10.00. The van der Waals surface area contributed by atoms with Gasteiger partial charge < -0.3 is 10.2 Å². The number of rotatable bonds is 4. The molecule has 0 aliphatic carbocycles. The van der Waals surface area contributed by atoms with E-state index in [-0.39, 0.29) is 11.0 Å². The summed E-state index contributed by atoms with van der Waals surface area (Å²) in [4.78, 5) is 21.7. The minimum Gasteiger partial charge on any atom is -0.411 e. The Morgan fingerprint density at radius 2 is 2.10 bits per heavy atom. The van der Waals surface area contributed by atoms with Gasteiger partial charge in [-0.15, -0.1) is 10.2 Å². The normalized spacial score (nSPS) is 10.2. The number of primary amides is 1. The van der Waals surface area contributed by atoms with Gasteiger partial charge in [-0.3, -0.25) is 10.1 Å². The van der Waals surface area contributed by atoms with Crippen LogP contribution in [-0.2, 0) is 4.79 Å². The fourth-order valence-corrected chi connectivity index (χ4v) is 2.33. The Hall–Kier alpha value is -1.87. The third kappa shape index (κ3) is 3.81. The predicted molar refractivity (Wildman–Crippen MR) is 75.9 cm³/mol. The summed E-state index contributed by atoms with van der Waals surface area (Å²) >= 11 is 4.40. The molecule has 104 valence electrons. The molecule has 9 heteroatoms. The molecule has 1 aromatic carbocycles. The lowest BCUT2D eigenvalue weighted by molar-refractivity contribution is -0.117. The lowest BCUT2D eigenvalue weighted by atomic mass is 10.2. The van der Waals surface area contributed by atoms with Crippen molar-refractivity contribution in [1.29, 1.82) is 0 Å². The van der Waals surface area contributed by atoms with Crippen LogP contribution in [0.25, 0.3) is 11.5 Å². The zero-order valence-corrected chi connectivity index (χ0v) is 12.4. The monoisotopic (exact) mass is 356 g/mol.